The molecule has 0 saturated carbocycles. The second-order valence-electron chi connectivity index (χ2n) is 5.70. The summed E-state index contributed by atoms with van der Waals surface area (Å²) < 4.78 is 39.0. The number of rotatable bonds is 1. The van der Waals surface area contributed by atoms with Crippen LogP contribution >= 0.6 is 22.7 Å². The molecule has 0 bridgehead atoms. The number of benzene rings is 3. The molecule has 1 heterocycles. The fourth-order valence-electron chi connectivity index (χ4n) is 2.68. The minimum Gasteiger partial charge on any atom is -0.418 e. The number of halogens is 4. The van der Waals surface area contributed by atoms with Crippen LogP contribution in [0, 0.1) is 6.92 Å². The first-order chi connectivity index (χ1) is 12.3. The van der Waals surface area contributed by atoms with Gasteiger partial charge in [0.25, 0.3) is 0 Å². The van der Waals surface area contributed by atoms with Gasteiger partial charge in [-0.25, -0.2) is 0 Å². The molecule has 0 fully saturated rings. The highest BCUT2D eigenvalue weighted by Crippen LogP contribution is 2.61. The summed E-state index contributed by atoms with van der Waals surface area (Å²) in [6, 6.07) is 26.7. The van der Waals surface area contributed by atoms with Crippen LogP contribution < -0.4 is 0 Å². The van der Waals surface area contributed by atoms with Gasteiger partial charge in [0.05, 0.1) is 0 Å². The summed E-state index contributed by atoms with van der Waals surface area (Å²) in [5, 5.41) is 0. The van der Waals surface area contributed by atoms with Gasteiger partial charge in [0.15, 0.2) is 0 Å². The Labute approximate surface area is 157 Å². The first kappa shape index (κ1) is 18.9. The molecule has 0 aromatic heterocycles. The molecule has 0 N–H and O–H groups in total. The van der Waals surface area contributed by atoms with Gasteiger partial charge in [-0.1, -0.05) is 53.7 Å². The van der Waals surface area contributed by atoms with E-state index in [9.17, 15) is 17.3 Å². The lowest BCUT2D eigenvalue weighted by molar-refractivity contribution is 0.368. The van der Waals surface area contributed by atoms with Gasteiger partial charge in [-0.3, -0.25) is 0 Å². The van der Waals surface area contributed by atoms with Gasteiger partial charge in [-0.15, -0.1) is 0 Å². The van der Waals surface area contributed by atoms with Crippen LogP contribution in [-0.2, 0) is 0 Å². The van der Waals surface area contributed by atoms with Crippen LogP contribution in [0.1, 0.15) is 5.56 Å². The molecule has 1 aliphatic heterocycles. The molecule has 4 rings (SSSR count). The zero-order chi connectivity index (χ0) is 18.7. The molecule has 0 spiro atoms. The van der Waals surface area contributed by atoms with Crippen LogP contribution in [0.25, 0.3) is 0 Å². The van der Waals surface area contributed by atoms with Crippen LogP contribution in [0.2, 0.25) is 0 Å². The zero-order valence-electron chi connectivity index (χ0n) is 13.9. The summed E-state index contributed by atoms with van der Waals surface area (Å²) in [6.45, 7) is 2.15. The van der Waals surface area contributed by atoms with E-state index >= 15 is 0 Å². The molecule has 1 aliphatic rings. The topological polar surface area (TPSA) is 0 Å². The average molecular weight is 395 g/mol. The monoisotopic (exact) mass is 395 g/mol. The van der Waals surface area contributed by atoms with Crippen molar-refractivity contribution in [2.75, 3.05) is 0 Å². The second kappa shape index (κ2) is 7.80. The van der Waals surface area contributed by atoms with Gasteiger partial charge in [-0.2, -0.15) is 10.9 Å². The Morgan fingerprint density at radius 2 is 1.12 bits per heavy atom. The average Bonchev–Trinajstić information content (AvgIpc) is 2.59. The van der Waals surface area contributed by atoms with E-state index in [4.69, 9.17) is 0 Å². The molecular weight excluding hydrogens is 379 g/mol. The highest BCUT2D eigenvalue weighted by atomic mass is 32.2. The van der Waals surface area contributed by atoms with Crippen molar-refractivity contribution >= 4 is 29.9 Å². The van der Waals surface area contributed by atoms with Crippen molar-refractivity contribution in [1.82, 2.24) is 0 Å². The Balaban J connectivity index is 0.000000349. The molecule has 136 valence electrons. The van der Waals surface area contributed by atoms with Gasteiger partial charge < -0.3 is 17.3 Å². The Morgan fingerprint density at radius 3 is 1.58 bits per heavy atom. The minimum absolute atomic E-state index is 0.432. The molecule has 3 aromatic carbocycles. The SMILES string of the molecule is Cc1ccc([SH]2c3ccccc3Sc3ccccc32)cc1.F[B-](F)(F)F. The quantitative estimate of drug-likeness (QED) is 0.201. The van der Waals surface area contributed by atoms with Crippen molar-refractivity contribution in [1.29, 1.82) is 0 Å². The lowest BCUT2D eigenvalue weighted by Gasteiger charge is -2.31. The molecule has 0 saturated heterocycles. The normalized spacial score (nSPS) is 14.0. The Kier molecular flexibility index (Phi) is 5.68. The Hall–Kier alpha value is -1.86. The van der Waals surface area contributed by atoms with Crippen LogP contribution in [0.15, 0.2) is 97.3 Å². The number of fused-ring (bicyclic) bond motifs is 2. The van der Waals surface area contributed by atoms with Crippen LogP contribution in [0.3, 0.4) is 0 Å². The largest absolute Gasteiger partial charge is 0.673 e. The van der Waals surface area contributed by atoms with E-state index in [1.165, 1.54) is 30.0 Å². The maximum Gasteiger partial charge on any atom is 0.673 e. The summed E-state index contributed by atoms with van der Waals surface area (Å²) in [7, 11) is -6.43. The summed E-state index contributed by atoms with van der Waals surface area (Å²) in [5.41, 5.74) is 1.32. The highest BCUT2D eigenvalue weighted by Gasteiger charge is 2.24. The summed E-state index contributed by atoms with van der Waals surface area (Å²) in [5.74, 6) is 0. The summed E-state index contributed by atoms with van der Waals surface area (Å²) in [6.07, 6.45) is 0. The fraction of sp³-hybridized carbons (Fsp3) is 0.0526. The molecule has 0 aliphatic carbocycles. The van der Waals surface area contributed by atoms with Gasteiger partial charge in [0, 0.05) is 19.6 Å². The maximum absolute atomic E-state index is 9.75. The maximum atomic E-state index is 9.75. The number of thiol groups is 1. The van der Waals surface area contributed by atoms with Crippen molar-refractivity contribution in [3.63, 3.8) is 0 Å². The first-order valence-corrected chi connectivity index (χ1v) is 10.1. The van der Waals surface area contributed by atoms with Crippen molar-refractivity contribution in [2.24, 2.45) is 0 Å². The number of hydrogen-bond donors (Lipinski definition) is 1. The third-order valence-corrected chi connectivity index (χ3v) is 7.74. The first-order valence-electron chi connectivity index (χ1n) is 7.93. The van der Waals surface area contributed by atoms with E-state index < -0.39 is 18.1 Å². The third-order valence-electron chi connectivity index (χ3n) is 3.72. The molecule has 0 unspecified atom stereocenters. The highest BCUT2D eigenvalue weighted by molar-refractivity contribution is 8.18. The van der Waals surface area contributed by atoms with Gasteiger partial charge >= 0.3 is 7.25 Å². The summed E-state index contributed by atoms with van der Waals surface area (Å²) in [4.78, 5) is 7.22. The lowest BCUT2D eigenvalue weighted by atomic mass is 10.2. The van der Waals surface area contributed by atoms with Gasteiger partial charge in [-0.05, 0) is 48.2 Å². The van der Waals surface area contributed by atoms with Crippen molar-refractivity contribution in [3.05, 3.63) is 78.4 Å². The standard InChI is InChI=1S/C19H16S2.BF4/c1-14-10-12-15(13-11-14)21-18-8-4-2-6-16(18)20-17-7-3-5-9-19(17)21;2-1(3,4)5/h2-13,21H,1H3;/q;-1. The van der Waals surface area contributed by atoms with Gasteiger partial charge in [0.1, 0.15) is 0 Å². The predicted molar refractivity (Wildman–Crippen MR) is 102 cm³/mol. The van der Waals surface area contributed by atoms with Crippen LogP contribution in [0.5, 0.6) is 0 Å². The van der Waals surface area contributed by atoms with Gasteiger partial charge in [0.2, 0.25) is 0 Å². The zero-order valence-corrected chi connectivity index (χ0v) is 15.6. The minimum atomic E-state index is -6.00. The fourth-order valence-corrected chi connectivity index (χ4v) is 6.70. The summed E-state index contributed by atoms with van der Waals surface area (Å²) >= 11 is 1.90. The van der Waals surface area contributed by atoms with E-state index in [2.05, 4.69) is 79.7 Å². The molecule has 0 amide bonds. The van der Waals surface area contributed by atoms with E-state index in [1.807, 2.05) is 11.8 Å². The predicted octanol–water partition coefficient (Wildman–Crippen LogP) is 7.24. The molecule has 0 atom stereocenters. The number of hydrogen-bond acceptors (Lipinski definition) is 1. The van der Waals surface area contributed by atoms with E-state index in [0.29, 0.717) is 0 Å². The van der Waals surface area contributed by atoms with Crippen molar-refractivity contribution in [3.8, 4) is 0 Å². The van der Waals surface area contributed by atoms with Crippen LogP contribution in [-0.4, -0.2) is 7.25 Å². The van der Waals surface area contributed by atoms with Crippen LogP contribution in [0.4, 0.5) is 17.3 Å². The number of aryl methyl sites for hydroxylation is 1. The molecule has 3 aromatic rings. The van der Waals surface area contributed by atoms with E-state index in [1.54, 1.807) is 0 Å². The molecule has 7 heteroatoms. The molecular formula is C19H16BF4S2-. The second-order valence-corrected chi connectivity index (χ2v) is 8.94. The molecule has 0 nitrogen and oxygen atoms in total. The molecule has 26 heavy (non-hydrogen) atoms. The van der Waals surface area contributed by atoms with E-state index in [0.717, 1.165) is 0 Å². The Bertz CT molecular complexity index is 843. The lowest BCUT2D eigenvalue weighted by Crippen LogP contribution is -2.02. The molecule has 0 radical (unpaired) electrons. The smallest absolute Gasteiger partial charge is 0.418 e. The van der Waals surface area contributed by atoms with E-state index in [-0.39, 0.29) is 0 Å². The van der Waals surface area contributed by atoms with Crippen molar-refractivity contribution < 1.29 is 17.3 Å². The third kappa shape index (κ3) is 4.65. The van der Waals surface area contributed by atoms with Crippen molar-refractivity contribution in [2.45, 2.75) is 31.4 Å². The Morgan fingerprint density at radius 1 is 0.692 bits per heavy atom.